The van der Waals surface area contributed by atoms with Crippen molar-refractivity contribution >= 4 is 5.91 Å². The van der Waals surface area contributed by atoms with Gasteiger partial charge < -0.3 is 15.7 Å². The number of carbonyl (C=O) groups excluding carboxylic acids is 1. The first-order chi connectivity index (χ1) is 6.72. The predicted octanol–water partition coefficient (Wildman–Crippen LogP) is -0.434. The van der Waals surface area contributed by atoms with E-state index in [1.54, 1.807) is 0 Å². The summed E-state index contributed by atoms with van der Waals surface area (Å²) in [7, 11) is 0. The number of nitrogens with two attached hydrogens (primary N) is 1. The van der Waals surface area contributed by atoms with Crippen LogP contribution in [0.1, 0.15) is 19.3 Å². The summed E-state index contributed by atoms with van der Waals surface area (Å²) in [5.41, 5.74) is 5.57. The van der Waals surface area contributed by atoms with Crippen molar-refractivity contribution in [1.82, 2.24) is 4.90 Å². The maximum Gasteiger partial charge on any atom is 0.236 e. The van der Waals surface area contributed by atoms with Crippen LogP contribution in [0, 0.1) is 11.3 Å². The SMILES string of the molecule is NCC(=O)N1C[C@@H](CO)C2(CCC2)C1. The average Bonchev–Trinajstić information content (AvgIpc) is 2.55. The molecule has 1 spiro atoms. The Morgan fingerprint density at radius 1 is 1.57 bits per heavy atom. The number of hydrogen-bond acceptors (Lipinski definition) is 3. The van der Waals surface area contributed by atoms with E-state index in [9.17, 15) is 9.90 Å². The zero-order valence-corrected chi connectivity index (χ0v) is 8.41. The summed E-state index contributed by atoms with van der Waals surface area (Å²) < 4.78 is 0. The van der Waals surface area contributed by atoms with Gasteiger partial charge in [-0.15, -0.1) is 0 Å². The highest BCUT2D eigenvalue weighted by Gasteiger charge is 2.50. The molecule has 1 atom stereocenters. The molecule has 0 aromatic rings. The van der Waals surface area contributed by atoms with Crippen LogP contribution in [0.3, 0.4) is 0 Å². The fraction of sp³-hybridized carbons (Fsp3) is 0.900. The van der Waals surface area contributed by atoms with Crippen molar-refractivity contribution in [3.05, 3.63) is 0 Å². The Kier molecular flexibility index (Phi) is 2.49. The van der Waals surface area contributed by atoms with Gasteiger partial charge in [-0.3, -0.25) is 4.79 Å². The van der Waals surface area contributed by atoms with Crippen molar-refractivity contribution in [2.75, 3.05) is 26.2 Å². The van der Waals surface area contributed by atoms with E-state index in [1.165, 1.54) is 6.42 Å². The van der Waals surface area contributed by atoms with E-state index in [4.69, 9.17) is 5.73 Å². The van der Waals surface area contributed by atoms with E-state index >= 15 is 0 Å². The number of rotatable bonds is 2. The first-order valence-corrected chi connectivity index (χ1v) is 5.30. The highest BCUT2D eigenvalue weighted by Crippen LogP contribution is 2.51. The largest absolute Gasteiger partial charge is 0.396 e. The van der Waals surface area contributed by atoms with Gasteiger partial charge in [0.15, 0.2) is 0 Å². The minimum atomic E-state index is 0.0206. The monoisotopic (exact) mass is 198 g/mol. The summed E-state index contributed by atoms with van der Waals surface area (Å²) in [6, 6.07) is 0. The Morgan fingerprint density at radius 3 is 2.64 bits per heavy atom. The van der Waals surface area contributed by atoms with E-state index in [0.717, 1.165) is 19.4 Å². The molecule has 2 aliphatic rings. The van der Waals surface area contributed by atoms with Crippen molar-refractivity contribution in [3.63, 3.8) is 0 Å². The molecule has 4 heteroatoms. The summed E-state index contributed by atoms with van der Waals surface area (Å²) in [5, 5.41) is 9.27. The van der Waals surface area contributed by atoms with E-state index < -0.39 is 0 Å². The summed E-state index contributed by atoms with van der Waals surface area (Å²) >= 11 is 0. The Morgan fingerprint density at radius 2 is 2.29 bits per heavy atom. The van der Waals surface area contributed by atoms with Gasteiger partial charge in [0.05, 0.1) is 6.54 Å². The van der Waals surface area contributed by atoms with Crippen molar-refractivity contribution < 1.29 is 9.90 Å². The van der Waals surface area contributed by atoms with E-state index in [2.05, 4.69) is 0 Å². The Balaban J connectivity index is 2.04. The lowest BCUT2D eigenvalue weighted by atomic mass is 9.63. The molecule has 2 fully saturated rings. The normalized spacial score (nSPS) is 29.3. The molecule has 3 N–H and O–H groups in total. The van der Waals surface area contributed by atoms with Gasteiger partial charge >= 0.3 is 0 Å². The molecule has 80 valence electrons. The quantitative estimate of drug-likeness (QED) is 0.632. The van der Waals surface area contributed by atoms with Crippen LogP contribution in [0.25, 0.3) is 0 Å². The van der Waals surface area contributed by atoms with Gasteiger partial charge in [-0.1, -0.05) is 6.42 Å². The lowest BCUT2D eigenvalue weighted by Crippen LogP contribution is -2.40. The van der Waals surface area contributed by atoms with Gasteiger partial charge in [-0.25, -0.2) is 0 Å². The maximum atomic E-state index is 11.4. The first kappa shape index (κ1) is 9.93. The molecule has 1 saturated heterocycles. The van der Waals surface area contributed by atoms with Crippen LogP contribution in [0.2, 0.25) is 0 Å². The zero-order chi connectivity index (χ0) is 10.2. The Bertz CT molecular complexity index is 238. The van der Waals surface area contributed by atoms with Crippen LogP contribution in [-0.4, -0.2) is 42.2 Å². The lowest BCUT2D eigenvalue weighted by molar-refractivity contribution is -0.129. The lowest BCUT2D eigenvalue weighted by Gasteiger charge is -2.42. The second-order valence-electron chi connectivity index (χ2n) is 4.57. The van der Waals surface area contributed by atoms with Gasteiger partial charge in [0, 0.05) is 25.6 Å². The third-order valence-corrected chi connectivity index (χ3v) is 3.91. The molecular formula is C10H18N2O2. The minimum Gasteiger partial charge on any atom is -0.396 e. The standard InChI is InChI=1S/C10H18N2O2/c11-4-9(14)12-5-8(6-13)10(7-12)2-1-3-10/h8,13H,1-7,11H2/t8-/m0/s1. The predicted molar refractivity (Wildman–Crippen MR) is 52.5 cm³/mol. The van der Waals surface area contributed by atoms with E-state index in [-0.39, 0.29) is 30.4 Å². The van der Waals surface area contributed by atoms with E-state index in [1.807, 2.05) is 4.90 Å². The fourth-order valence-electron chi connectivity index (χ4n) is 2.80. The van der Waals surface area contributed by atoms with Crippen molar-refractivity contribution in [3.8, 4) is 0 Å². The van der Waals surface area contributed by atoms with Crippen LogP contribution >= 0.6 is 0 Å². The van der Waals surface area contributed by atoms with Crippen LogP contribution < -0.4 is 5.73 Å². The first-order valence-electron chi connectivity index (χ1n) is 5.30. The molecule has 14 heavy (non-hydrogen) atoms. The molecule has 0 radical (unpaired) electrons. The van der Waals surface area contributed by atoms with Crippen molar-refractivity contribution in [1.29, 1.82) is 0 Å². The molecule has 4 nitrogen and oxygen atoms in total. The third-order valence-electron chi connectivity index (χ3n) is 3.91. The van der Waals surface area contributed by atoms with Crippen molar-refractivity contribution in [2.24, 2.45) is 17.1 Å². The molecule has 1 heterocycles. The molecule has 1 amide bonds. The molecule has 1 aliphatic carbocycles. The van der Waals surface area contributed by atoms with Crippen LogP contribution in [0.5, 0.6) is 0 Å². The molecule has 1 saturated carbocycles. The van der Waals surface area contributed by atoms with Gasteiger partial charge in [-0.2, -0.15) is 0 Å². The Labute approximate surface area is 84.1 Å². The number of aliphatic hydroxyl groups excluding tert-OH is 1. The number of likely N-dealkylation sites (tertiary alicyclic amines) is 1. The molecule has 0 aromatic heterocycles. The smallest absolute Gasteiger partial charge is 0.236 e. The fourth-order valence-corrected chi connectivity index (χ4v) is 2.80. The van der Waals surface area contributed by atoms with Crippen LogP contribution in [0.4, 0.5) is 0 Å². The molecule has 0 aromatic carbocycles. The topological polar surface area (TPSA) is 66.6 Å². The van der Waals surface area contributed by atoms with Gasteiger partial charge in [0.1, 0.15) is 0 Å². The van der Waals surface area contributed by atoms with E-state index in [0.29, 0.717) is 6.54 Å². The number of aliphatic hydroxyl groups is 1. The highest BCUT2D eigenvalue weighted by atomic mass is 16.3. The third kappa shape index (κ3) is 1.33. The summed E-state index contributed by atoms with van der Waals surface area (Å²) in [6.45, 7) is 1.81. The molecule has 0 unspecified atom stereocenters. The van der Waals surface area contributed by atoms with Gasteiger partial charge in [-0.05, 0) is 18.3 Å². The maximum absolute atomic E-state index is 11.4. The summed E-state index contributed by atoms with van der Waals surface area (Å²) in [5.74, 6) is 0.305. The number of nitrogens with zero attached hydrogens (tertiary/aromatic N) is 1. The minimum absolute atomic E-state index is 0.0206. The molecule has 2 rings (SSSR count). The van der Waals surface area contributed by atoms with Crippen LogP contribution in [-0.2, 0) is 4.79 Å². The zero-order valence-electron chi connectivity index (χ0n) is 8.41. The van der Waals surface area contributed by atoms with Gasteiger partial charge in [0.2, 0.25) is 5.91 Å². The second-order valence-corrected chi connectivity index (χ2v) is 4.57. The molecule has 0 bridgehead atoms. The number of amides is 1. The number of carbonyl (C=O) groups is 1. The Hall–Kier alpha value is -0.610. The van der Waals surface area contributed by atoms with Crippen molar-refractivity contribution in [2.45, 2.75) is 19.3 Å². The molecular weight excluding hydrogens is 180 g/mol. The highest BCUT2D eigenvalue weighted by molar-refractivity contribution is 5.78. The number of hydrogen-bond donors (Lipinski definition) is 2. The van der Waals surface area contributed by atoms with Gasteiger partial charge in [0.25, 0.3) is 0 Å². The summed E-state index contributed by atoms with van der Waals surface area (Å²) in [4.78, 5) is 13.2. The molecule has 1 aliphatic heterocycles. The second kappa shape index (κ2) is 3.51. The van der Waals surface area contributed by atoms with Crippen LogP contribution in [0.15, 0.2) is 0 Å². The average molecular weight is 198 g/mol. The summed E-state index contributed by atoms with van der Waals surface area (Å²) in [6.07, 6.45) is 3.56.